The lowest BCUT2D eigenvalue weighted by Gasteiger charge is -2.35. The van der Waals surface area contributed by atoms with E-state index in [4.69, 9.17) is 16.3 Å². The number of anilines is 2. The SMILES string of the molecule is Cc1nc(N2CCOCC2)cc(N2CCN(S(=O)(=O)c3ccc(Cl)cc3)CC2)n1. The number of morpholine rings is 1. The normalized spacial score (nSPS) is 18.8. The molecular weight excluding hydrogens is 414 g/mol. The third-order valence-electron chi connectivity index (χ3n) is 5.16. The predicted molar refractivity (Wildman–Crippen MR) is 112 cm³/mol. The number of nitrogens with zero attached hydrogens (tertiary/aromatic N) is 5. The van der Waals surface area contributed by atoms with Crippen molar-refractivity contribution < 1.29 is 13.2 Å². The molecule has 2 saturated heterocycles. The van der Waals surface area contributed by atoms with Gasteiger partial charge in [-0.05, 0) is 31.2 Å². The lowest BCUT2D eigenvalue weighted by Crippen LogP contribution is -2.49. The molecule has 0 spiro atoms. The molecule has 0 bridgehead atoms. The number of sulfonamides is 1. The van der Waals surface area contributed by atoms with Gasteiger partial charge in [-0.3, -0.25) is 0 Å². The molecule has 10 heteroatoms. The molecule has 29 heavy (non-hydrogen) atoms. The quantitative estimate of drug-likeness (QED) is 0.721. The lowest BCUT2D eigenvalue weighted by atomic mass is 10.3. The number of rotatable bonds is 4. The van der Waals surface area contributed by atoms with E-state index >= 15 is 0 Å². The second kappa shape index (κ2) is 8.43. The Morgan fingerprint density at radius 1 is 0.897 bits per heavy atom. The van der Waals surface area contributed by atoms with Crippen LogP contribution in [0.15, 0.2) is 35.2 Å². The molecule has 2 aromatic rings. The summed E-state index contributed by atoms with van der Waals surface area (Å²) in [5, 5.41) is 0.518. The maximum absolute atomic E-state index is 12.9. The Balaban J connectivity index is 1.47. The van der Waals surface area contributed by atoms with Gasteiger partial charge in [0.05, 0.1) is 18.1 Å². The molecule has 0 atom stereocenters. The smallest absolute Gasteiger partial charge is 0.243 e. The number of piperazine rings is 1. The zero-order chi connectivity index (χ0) is 20.4. The van der Waals surface area contributed by atoms with Gasteiger partial charge >= 0.3 is 0 Å². The minimum absolute atomic E-state index is 0.267. The van der Waals surface area contributed by atoms with Gasteiger partial charge in [-0.2, -0.15) is 4.31 Å². The molecule has 2 fully saturated rings. The molecule has 2 aliphatic rings. The number of hydrogen-bond acceptors (Lipinski definition) is 7. The molecule has 3 heterocycles. The molecule has 1 aromatic carbocycles. The van der Waals surface area contributed by atoms with E-state index in [-0.39, 0.29) is 4.90 Å². The van der Waals surface area contributed by atoms with Gasteiger partial charge in [0.25, 0.3) is 0 Å². The van der Waals surface area contributed by atoms with Gasteiger partial charge in [0.1, 0.15) is 17.5 Å². The summed E-state index contributed by atoms with van der Waals surface area (Å²) >= 11 is 5.88. The number of hydrogen-bond donors (Lipinski definition) is 0. The van der Waals surface area contributed by atoms with Crippen LogP contribution in [0.5, 0.6) is 0 Å². The number of aromatic nitrogens is 2. The summed E-state index contributed by atoms with van der Waals surface area (Å²) in [6.07, 6.45) is 0. The topological polar surface area (TPSA) is 78.9 Å². The van der Waals surface area contributed by atoms with E-state index in [0.29, 0.717) is 50.2 Å². The number of halogens is 1. The predicted octanol–water partition coefficient (Wildman–Crippen LogP) is 1.79. The Morgan fingerprint density at radius 3 is 2.03 bits per heavy atom. The molecule has 0 saturated carbocycles. The molecule has 0 unspecified atom stereocenters. The number of benzene rings is 1. The maximum Gasteiger partial charge on any atom is 0.243 e. The van der Waals surface area contributed by atoms with Crippen molar-refractivity contribution in [3.63, 3.8) is 0 Å². The van der Waals surface area contributed by atoms with Gasteiger partial charge in [-0.25, -0.2) is 18.4 Å². The number of aryl methyl sites for hydroxylation is 1. The fraction of sp³-hybridized carbons (Fsp3) is 0.474. The van der Waals surface area contributed by atoms with Crippen molar-refractivity contribution >= 4 is 33.3 Å². The fourth-order valence-corrected chi connectivity index (χ4v) is 5.11. The first-order valence-electron chi connectivity index (χ1n) is 9.62. The van der Waals surface area contributed by atoms with E-state index in [1.807, 2.05) is 13.0 Å². The van der Waals surface area contributed by atoms with Crippen molar-refractivity contribution in [2.24, 2.45) is 0 Å². The fourth-order valence-electron chi connectivity index (χ4n) is 3.57. The molecule has 1 aromatic heterocycles. The molecule has 8 nitrogen and oxygen atoms in total. The third-order valence-corrected chi connectivity index (χ3v) is 7.32. The van der Waals surface area contributed by atoms with Crippen LogP contribution < -0.4 is 9.80 Å². The van der Waals surface area contributed by atoms with Gasteiger partial charge in [0.2, 0.25) is 10.0 Å². The highest BCUT2D eigenvalue weighted by Crippen LogP contribution is 2.24. The average Bonchev–Trinajstić information content (AvgIpc) is 2.74. The Kier molecular flexibility index (Phi) is 5.91. The molecule has 0 aliphatic carbocycles. The van der Waals surface area contributed by atoms with Crippen molar-refractivity contribution in [3.05, 3.63) is 41.2 Å². The van der Waals surface area contributed by atoms with Crippen LogP contribution >= 0.6 is 11.6 Å². The minimum Gasteiger partial charge on any atom is -0.378 e. The van der Waals surface area contributed by atoms with Crippen LogP contribution in [0.2, 0.25) is 5.02 Å². The van der Waals surface area contributed by atoms with Gasteiger partial charge in [-0.15, -0.1) is 0 Å². The van der Waals surface area contributed by atoms with Crippen molar-refractivity contribution in [2.75, 3.05) is 62.3 Å². The van der Waals surface area contributed by atoms with Crippen LogP contribution in [0.4, 0.5) is 11.6 Å². The van der Waals surface area contributed by atoms with Crippen LogP contribution in [-0.4, -0.2) is 75.2 Å². The Labute approximate surface area is 176 Å². The Hall–Kier alpha value is -1.94. The second-order valence-corrected chi connectivity index (χ2v) is 9.45. The van der Waals surface area contributed by atoms with E-state index in [0.717, 1.165) is 24.7 Å². The van der Waals surface area contributed by atoms with Crippen molar-refractivity contribution in [1.29, 1.82) is 0 Å². The molecular formula is C19H24ClN5O3S. The van der Waals surface area contributed by atoms with E-state index in [9.17, 15) is 8.42 Å². The van der Waals surface area contributed by atoms with Crippen LogP contribution in [0.25, 0.3) is 0 Å². The average molecular weight is 438 g/mol. The monoisotopic (exact) mass is 437 g/mol. The Bertz CT molecular complexity index is 956. The van der Waals surface area contributed by atoms with E-state index < -0.39 is 10.0 Å². The molecule has 0 amide bonds. The number of ether oxygens (including phenoxy) is 1. The van der Waals surface area contributed by atoms with Gasteiger partial charge in [0.15, 0.2) is 0 Å². The first-order valence-corrected chi connectivity index (χ1v) is 11.4. The van der Waals surface area contributed by atoms with Gasteiger partial charge in [-0.1, -0.05) is 11.6 Å². The zero-order valence-corrected chi connectivity index (χ0v) is 17.9. The van der Waals surface area contributed by atoms with E-state index in [1.54, 1.807) is 24.3 Å². The minimum atomic E-state index is -3.52. The first-order chi connectivity index (χ1) is 13.9. The summed E-state index contributed by atoms with van der Waals surface area (Å²) in [6.45, 7) is 6.85. The van der Waals surface area contributed by atoms with Crippen LogP contribution in [0.1, 0.15) is 5.82 Å². The van der Waals surface area contributed by atoms with Crippen LogP contribution in [-0.2, 0) is 14.8 Å². The van der Waals surface area contributed by atoms with Crippen molar-refractivity contribution in [3.8, 4) is 0 Å². The standard InChI is InChI=1S/C19H24ClN5O3S/c1-15-21-18(14-19(22-15)24-10-12-28-13-11-24)23-6-8-25(9-7-23)29(26,27)17-4-2-16(20)3-5-17/h2-5,14H,6-13H2,1H3. The second-order valence-electron chi connectivity index (χ2n) is 7.08. The molecule has 0 N–H and O–H groups in total. The highest BCUT2D eigenvalue weighted by Gasteiger charge is 2.29. The van der Waals surface area contributed by atoms with Crippen molar-refractivity contribution in [2.45, 2.75) is 11.8 Å². The summed E-state index contributed by atoms with van der Waals surface area (Å²) in [5.41, 5.74) is 0. The van der Waals surface area contributed by atoms with E-state index in [2.05, 4.69) is 19.8 Å². The largest absolute Gasteiger partial charge is 0.378 e. The van der Waals surface area contributed by atoms with E-state index in [1.165, 1.54) is 4.31 Å². The summed E-state index contributed by atoms with van der Waals surface area (Å²) in [7, 11) is -3.52. The summed E-state index contributed by atoms with van der Waals surface area (Å²) < 4.78 is 32.7. The maximum atomic E-state index is 12.9. The molecule has 156 valence electrons. The Morgan fingerprint density at radius 2 is 1.45 bits per heavy atom. The van der Waals surface area contributed by atoms with Crippen molar-refractivity contribution in [1.82, 2.24) is 14.3 Å². The lowest BCUT2D eigenvalue weighted by molar-refractivity contribution is 0.122. The van der Waals surface area contributed by atoms with Gasteiger partial charge < -0.3 is 14.5 Å². The van der Waals surface area contributed by atoms with Crippen LogP contribution in [0, 0.1) is 6.92 Å². The highest BCUT2D eigenvalue weighted by molar-refractivity contribution is 7.89. The summed E-state index contributed by atoms with van der Waals surface area (Å²) in [6, 6.07) is 8.28. The first kappa shape index (κ1) is 20.3. The molecule has 0 radical (unpaired) electrons. The van der Waals surface area contributed by atoms with Crippen LogP contribution in [0.3, 0.4) is 0 Å². The zero-order valence-electron chi connectivity index (χ0n) is 16.3. The molecule has 2 aliphatic heterocycles. The third kappa shape index (κ3) is 4.48. The summed E-state index contributed by atoms with van der Waals surface area (Å²) in [5.74, 6) is 2.44. The highest BCUT2D eigenvalue weighted by atomic mass is 35.5. The molecule has 4 rings (SSSR count). The van der Waals surface area contributed by atoms with Gasteiger partial charge in [0, 0.05) is 50.4 Å². The summed E-state index contributed by atoms with van der Waals surface area (Å²) in [4.78, 5) is 13.7.